The molecule has 6 heteroatoms. The number of hydrogen-bond donors (Lipinski definition) is 2. The molecule has 0 atom stereocenters. The number of benzene rings is 1. The number of carboxylic acid groups (broad SMARTS) is 1. The summed E-state index contributed by atoms with van der Waals surface area (Å²) in [6.45, 7) is 0.426. The molecule has 0 aromatic heterocycles. The minimum atomic E-state index is -0.835. The number of rotatable bonds is 9. The molecule has 1 amide bonds. The number of hydrogen-bond acceptors (Lipinski definition) is 3. The summed E-state index contributed by atoms with van der Waals surface area (Å²) in [5.74, 6) is 0.00943. The van der Waals surface area contributed by atoms with Gasteiger partial charge in [0.25, 0.3) is 0 Å². The van der Waals surface area contributed by atoms with Gasteiger partial charge >= 0.3 is 5.97 Å². The van der Waals surface area contributed by atoms with Crippen LogP contribution in [0.15, 0.2) is 29.2 Å². The monoisotopic (exact) mass is 315 g/mol. The highest BCUT2D eigenvalue weighted by molar-refractivity contribution is 7.99. The van der Waals surface area contributed by atoms with Crippen molar-refractivity contribution in [3.8, 4) is 0 Å². The molecule has 1 aromatic rings. The van der Waals surface area contributed by atoms with Crippen molar-refractivity contribution >= 4 is 35.2 Å². The Morgan fingerprint density at radius 2 is 1.85 bits per heavy atom. The van der Waals surface area contributed by atoms with Crippen molar-refractivity contribution in [1.29, 1.82) is 0 Å². The maximum Gasteiger partial charge on any atom is 0.303 e. The molecule has 4 nitrogen and oxygen atoms in total. The lowest BCUT2D eigenvalue weighted by atomic mass is 10.3. The zero-order valence-corrected chi connectivity index (χ0v) is 12.7. The second kappa shape index (κ2) is 9.66. The minimum absolute atomic E-state index is 0.0212. The Kier molecular flexibility index (Phi) is 8.14. The van der Waals surface area contributed by atoms with Crippen molar-refractivity contribution in [3.63, 3.8) is 0 Å². The van der Waals surface area contributed by atoms with Crippen LogP contribution in [-0.2, 0) is 9.59 Å². The van der Waals surface area contributed by atoms with Gasteiger partial charge in [-0.25, -0.2) is 0 Å². The van der Waals surface area contributed by atoms with Crippen LogP contribution in [0.3, 0.4) is 0 Å². The first kappa shape index (κ1) is 16.9. The third-order valence-electron chi connectivity index (χ3n) is 2.52. The average Bonchev–Trinajstić information content (AvgIpc) is 2.41. The molecule has 0 aliphatic carbocycles. The number of thioether (sulfide) groups is 1. The highest BCUT2D eigenvalue weighted by atomic mass is 35.5. The number of nitrogens with one attached hydrogen (secondary N) is 1. The summed E-state index contributed by atoms with van der Waals surface area (Å²) in [6.07, 6.45) is 1.82. The first-order valence-corrected chi connectivity index (χ1v) is 7.81. The van der Waals surface area contributed by atoms with Crippen LogP contribution >= 0.6 is 23.4 Å². The molecule has 20 heavy (non-hydrogen) atoms. The molecule has 0 saturated carbocycles. The van der Waals surface area contributed by atoms with Crippen molar-refractivity contribution in [2.45, 2.75) is 30.6 Å². The van der Waals surface area contributed by atoms with Crippen LogP contribution in [0.5, 0.6) is 0 Å². The number of carbonyl (C=O) groups is 2. The van der Waals surface area contributed by atoms with Crippen molar-refractivity contribution in [3.05, 3.63) is 29.3 Å². The standard InChI is InChI=1S/C14H18ClNO3S/c15-11-5-7-12(8-6-11)20-10-2-3-13(17)16-9-1-4-14(18)19/h5-8H,1-4,9-10H2,(H,16,17)(H,18,19). The van der Waals surface area contributed by atoms with Crippen LogP contribution in [-0.4, -0.2) is 29.3 Å². The zero-order chi connectivity index (χ0) is 14.8. The van der Waals surface area contributed by atoms with Crippen LogP contribution in [0.1, 0.15) is 25.7 Å². The van der Waals surface area contributed by atoms with E-state index in [0.717, 1.165) is 22.1 Å². The first-order valence-electron chi connectivity index (χ1n) is 6.45. The van der Waals surface area contributed by atoms with Gasteiger partial charge in [-0.2, -0.15) is 0 Å². The second-order valence-electron chi connectivity index (χ2n) is 4.25. The van der Waals surface area contributed by atoms with Gasteiger partial charge in [0, 0.05) is 29.3 Å². The van der Waals surface area contributed by atoms with Gasteiger partial charge in [-0.1, -0.05) is 11.6 Å². The topological polar surface area (TPSA) is 66.4 Å². The lowest BCUT2D eigenvalue weighted by molar-refractivity contribution is -0.137. The van der Waals surface area contributed by atoms with Crippen LogP contribution < -0.4 is 5.32 Å². The summed E-state index contributed by atoms with van der Waals surface area (Å²) >= 11 is 7.48. The Morgan fingerprint density at radius 3 is 2.50 bits per heavy atom. The van der Waals surface area contributed by atoms with E-state index in [4.69, 9.17) is 16.7 Å². The predicted octanol–water partition coefficient (Wildman–Crippen LogP) is 3.19. The highest BCUT2D eigenvalue weighted by Gasteiger charge is 2.02. The van der Waals surface area contributed by atoms with E-state index >= 15 is 0 Å². The Labute approximate surface area is 127 Å². The number of aliphatic carboxylic acids is 1. The summed E-state index contributed by atoms with van der Waals surface area (Å²) in [6, 6.07) is 7.61. The van der Waals surface area contributed by atoms with Gasteiger partial charge in [-0.15, -0.1) is 11.8 Å². The van der Waals surface area contributed by atoms with Gasteiger partial charge in [0.2, 0.25) is 5.91 Å². The average molecular weight is 316 g/mol. The third-order valence-corrected chi connectivity index (χ3v) is 3.87. The van der Waals surface area contributed by atoms with E-state index in [0.29, 0.717) is 19.4 Å². The molecule has 0 heterocycles. The molecule has 0 spiro atoms. The Morgan fingerprint density at radius 1 is 1.15 bits per heavy atom. The molecule has 0 radical (unpaired) electrons. The normalized spacial score (nSPS) is 10.2. The fourth-order valence-electron chi connectivity index (χ4n) is 1.51. The molecule has 0 unspecified atom stereocenters. The van der Waals surface area contributed by atoms with Gasteiger partial charge in [0.1, 0.15) is 0 Å². The molecule has 1 rings (SSSR count). The van der Waals surface area contributed by atoms with Crippen molar-refractivity contribution in [1.82, 2.24) is 5.32 Å². The molecule has 2 N–H and O–H groups in total. The van der Waals surface area contributed by atoms with Crippen LogP contribution in [0.25, 0.3) is 0 Å². The summed E-state index contributed by atoms with van der Waals surface area (Å²) in [4.78, 5) is 22.9. The number of halogens is 1. The van der Waals surface area contributed by atoms with Gasteiger partial charge in [-0.3, -0.25) is 9.59 Å². The number of carbonyl (C=O) groups excluding carboxylic acids is 1. The van der Waals surface area contributed by atoms with E-state index in [2.05, 4.69) is 5.32 Å². The Balaban J connectivity index is 2.04. The van der Waals surface area contributed by atoms with Gasteiger partial charge in [0.05, 0.1) is 0 Å². The Hall–Kier alpha value is -1.20. The van der Waals surface area contributed by atoms with Crippen LogP contribution in [0.2, 0.25) is 5.02 Å². The van der Waals surface area contributed by atoms with E-state index in [-0.39, 0.29) is 12.3 Å². The fraction of sp³-hybridized carbons (Fsp3) is 0.429. The Bertz CT molecular complexity index is 437. The molecular weight excluding hydrogens is 298 g/mol. The fourth-order valence-corrected chi connectivity index (χ4v) is 2.49. The van der Waals surface area contributed by atoms with Gasteiger partial charge in [-0.05, 0) is 42.9 Å². The summed E-state index contributed by atoms with van der Waals surface area (Å²) in [5, 5.41) is 11.9. The second-order valence-corrected chi connectivity index (χ2v) is 5.86. The van der Waals surface area contributed by atoms with E-state index in [9.17, 15) is 9.59 Å². The molecule has 0 aliphatic heterocycles. The van der Waals surface area contributed by atoms with E-state index in [1.54, 1.807) is 11.8 Å². The third kappa shape index (κ3) is 8.07. The maximum atomic E-state index is 11.5. The first-order chi connectivity index (χ1) is 9.58. The molecule has 110 valence electrons. The van der Waals surface area contributed by atoms with Gasteiger partial charge < -0.3 is 10.4 Å². The molecular formula is C14H18ClNO3S. The summed E-state index contributed by atoms with van der Waals surface area (Å²) in [5.41, 5.74) is 0. The maximum absolute atomic E-state index is 11.5. The lowest BCUT2D eigenvalue weighted by Crippen LogP contribution is -2.24. The van der Waals surface area contributed by atoms with Crippen LogP contribution in [0, 0.1) is 0 Å². The van der Waals surface area contributed by atoms with Crippen molar-refractivity contribution in [2.75, 3.05) is 12.3 Å². The molecule has 1 aromatic carbocycles. The quantitative estimate of drug-likeness (QED) is 0.542. The van der Waals surface area contributed by atoms with Gasteiger partial charge in [0.15, 0.2) is 0 Å². The predicted molar refractivity (Wildman–Crippen MR) is 81.3 cm³/mol. The van der Waals surface area contributed by atoms with E-state index < -0.39 is 5.97 Å². The summed E-state index contributed by atoms with van der Waals surface area (Å²) in [7, 11) is 0. The largest absolute Gasteiger partial charge is 0.481 e. The lowest BCUT2D eigenvalue weighted by Gasteiger charge is -2.04. The summed E-state index contributed by atoms with van der Waals surface area (Å²) < 4.78 is 0. The SMILES string of the molecule is O=C(O)CCCNC(=O)CCCSc1ccc(Cl)cc1. The molecule has 0 fully saturated rings. The zero-order valence-electron chi connectivity index (χ0n) is 11.1. The molecule has 0 bridgehead atoms. The number of amides is 1. The van der Waals surface area contributed by atoms with E-state index in [1.165, 1.54) is 0 Å². The smallest absolute Gasteiger partial charge is 0.303 e. The van der Waals surface area contributed by atoms with E-state index in [1.807, 2.05) is 24.3 Å². The van der Waals surface area contributed by atoms with Crippen molar-refractivity contribution < 1.29 is 14.7 Å². The molecule has 0 saturated heterocycles. The van der Waals surface area contributed by atoms with Crippen molar-refractivity contribution in [2.24, 2.45) is 0 Å². The minimum Gasteiger partial charge on any atom is -0.481 e. The number of carboxylic acids is 1. The molecule has 0 aliphatic rings. The van der Waals surface area contributed by atoms with Crippen LogP contribution in [0.4, 0.5) is 0 Å². The highest BCUT2D eigenvalue weighted by Crippen LogP contribution is 2.21.